The van der Waals surface area contributed by atoms with E-state index in [9.17, 15) is 0 Å². The van der Waals surface area contributed by atoms with Gasteiger partial charge in [0.1, 0.15) is 6.07 Å². The topological polar surface area (TPSA) is 39.1 Å². The molecule has 1 aromatic carbocycles. The molecular weight excluding hydrogens is 266 g/mol. The number of anilines is 1. The third kappa shape index (κ3) is 3.84. The highest BCUT2D eigenvalue weighted by Crippen LogP contribution is 2.19. The van der Waals surface area contributed by atoms with Crippen LogP contribution in [0.15, 0.2) is 22.7 Å². The van der Waals surface area contributed by atoms with Crippen molar-refractivity contribution in [1.29, 1.82) is 5.26 Å². The van der Waals surface area contributed by atoms with Crippen molar-refractivity contribution >= 4 is 21.6 Å². The molecule has 0 unspecified atom stereocenters. The number of halogens is 1. The van der Waals surface area contributed by atoms with E-state index in [1.165, 1.54) is 0 Å². The predicted octanol–water partition coefficient (Wildman–Crippen LogP) is 2.68. The minimum absolute atomic E-state index is 0.675. The molecule has 0 spiro atoms. The number of hydrogen-bond acceptors (Lipinski definition) is 3. The molecule has 1 aromatic rings. The molecule has 1 rings (SSSR count). The molecule has 0 aliphatic rings. The Bertz CT molecular complexity index is 384. The zero-order valence-electron chi connectivity index (χ0n) is 9.63. The van der Waals surface area contributed by atoms with Crippen LogP contribution < -0.4 is 5.32 Å². The van der Waals surface area contributed by atoms with Crippen LogP contribution in [0.1, 0.15) is 12.5 Å². The first-order chi connectivity index (χ1) is 7.67. The molecule has 1 N–H and O–H groups in total. The smallest absolute Gasteiger partial charge is 0.101 e. The minimum atomic E-state index is 0.675. The molecule has 3 nitrogen and oxygen atoms in total. The summed E-state index contributed by atoms with van der Waals surface area (Å²) in [6.45, 7) is 4.98. The van der Waals surface area contributed by atoms with Gasteiger partial charge >= 0.3 is 0 Å². The normalized spacial score (nSPS) is 10.2. The van der Waals surface area contributed by atoms with E-state index >= 15 is 0 Å². The SMILES string of the molecule is CCN(C)CCNc1ccc(Br)cc1C#N. The fourth-order valence-corrected chi connectivity index (χ4v) is 1.66. The standard InChI is InChI=1S/C12H16BrN3/c1-3-16(2)7-6-15-12-5-4-11(13)8-10(12)9-14/h4-5,8,15H,3,6-7H2,1-2H3. The van der Waals surface area contributed by atoms with E-state index in [4.69, 9.17) is 5.26 Å². The first kappa shape index (κ1) is 13.0. The largest absolute Gasteiger partial charge is 0.383 e. The lowest BCUT2D eigenvalue weighted by Gasteiger charge is -2.15. The average Bonchev–Trinajstić information content (AvgIpc) is 2.30. The van der Waals surface area contributed by atoms with E-state index in [1.54, 1.807) is 0 Å². The quantitative estimate of drug-likeness (QED) is 0.902. The van der Waals surface area contributed by atoms with Gasteiger partial charge in [-0.15, -0.1) is 0 Å². The molecular formula is C12H16BrN3. The molecule has 0 saturated heterocycles. The minimum Gasteiger partial charge on any atom is -0.383 e. The zero-order valence-corrected chi connectivity index (χ0v) is 11.2. The summed E-state index contributed by atoms with van der Waals surface area (Å²) in [6, 6.07) is 7.87. The second-order valence-electron chi connectivity index (χ2n) is 3.62. The van der Waals surface area contributed by atoms with E-state index in [0.717, 1.165) is 29.8 Å². The highest BCUT2D eigenvalue weighted by Gasteiger charge is 2.02. The maximum absolute atomic E-state index is 8.98. The van der Waals surface area contributed by atoms with E-state index in [-0.39, 0.29) is 0 Å². The van der Waals surface area contributed by atoms with Gasteiger partial charge in [-0.05, 0) is 31.8 Å². The van der Waals surface area contributed by atoms with Gasteiger partial charge in [0, 0.05) is 17.6 Å². The highest BCUT2D eigenvalue weighted by atomic mass is 79.9. The molecule has 0 amide bonds. The van der Waals surface area contributed by atoms with Crippen LogP contribution in [0.5, 0.6) is 0 Å². The van der Waals surface area contributed by atoms with Crippen molar-refractivity contribution in [2.45, 2.75) is 6.92 Å². The summed E-state index contributed by atoms with van der Waals surface area (Å²) < 4.78 is 0.931. The summed E-state index contributed by atoms with van der Waals surface area (Å²) in [5.74, 6) is 0. The van der Waals surface area contributed by atoms with Gasteiger partial charge in [0.2, 0.25) is 0 Å². The maximum atomic E-state index is 8.98. The molecule has 0 bridgehead atoms. The van der Waals surface area contributed by atoms with Gasteiger partial charge in [-0.2, -0.15) is 5.26 Å². The zero-order chi connectivity index (χ0) is 12.0. The van der Waals surface area contributed by atoms with Crippen molar-refractivity contribution in [2.75, 3.05) is 32.0 Å². The molecule has 0 aliphatic carbocycles. The Morgan fingerprint density at radius 1 is 1.50 bits per heavy atom. The van der Waals surface area contributed by atoms with E-state index < -0.39 is 0 Å². The molecule has 0 atom stereocenters. The van der Waals surface area contributed by atoms with Crippen molar-refractivity contribution < 1.29 is 0 Å². The molecule has 16 heavy (non-hydrogen) atoms. The summed E-state index contributed by atoms with van der Waals surface area (Å²) in [7, 11) is 2.08. The Morgan fingerprint density at radius 3 is 2.88 bits per heavy atom. The van der Waals surface area contributed by atoms with Gasteiger partial charge in [0.05, 0.1) is 11.3 Å². The maximum Gasteiger partial charge on any atom is 0.101 e. The van der Waals surface area contributed by atoms with Crippen LogP contribution in [0.2, 0.25) is 0 Å². The third-order valence-electron chi connectivity index (χ3n) is 2.45. The molecule has 4 heteroatoms. The second-order valence-corrected chi connectivity index (χ2v) is 4.54. The molecule has 0 aliphatic heterocycles. The lowest BCUT2D eigenvalue weighted by Crippen LogP contribution is -2.24. The van der Waals surface area contributed by atoms with Crippen LogP contribution in [0.3, 0.4) is 0 Å². The number of rotatable bonds is 5. The molecule has 0 fully saturated rings. The Labute approximate surface area is 105 Å². The van der Waals surface area contributed by atoms with Crippen LogP contribution in [-0.4, -0.2) is 31.6 Å². The number of nitriles is 1. The van der Waals surface area contributed by atoms with Gasteiger partial charge in [0.25, 0.3) is 0 Å². The van der Waals surface area contributed by atoms with Crippen LogP contribution in [0.4, 0.5) is 5.69 Å². The summed E-state index contributed by atoms with van der Waals surface area (Å²) in [5.41, 5.74) is 1.57. The second kappa shape index (κ2) is 6.51. The van der Waals surface area contributed by atoms with E-state index in [2.05, 4.69) is 46.2 Å². The fourth-order valence-electron chi connectivity index (χ4n) is 1.30. The van der Waals surface area contributed by atoms with Crippen molar-refractivity contribution in [3.05, 3.63) is 28.2 Å². The monoisotopic (exact) mass is 281 g/mol. The number of likely N-dealkylation sites (N-methyl/N-ethyl adjacent to an activating group) is 1. The van der Waals surface area contributed by atoms with Crippen LogP contribution >= 0.6 is 15.9 Å². The summed E-state index contributed by atoms with van der Waals surface area (Å²) in [5, 5.41) is 12.2. The molecule has 0 saturated carbocycles. The molecule has 0 aromatic heterocycles. The number of nitrogens with zero attached hydrogens (tertiary/aromatic N) is 2. The Balaban J connectivity index is 2.57. The lowest BCUT2D eigenvalue weighted by molar-refractivity contribution is 0.367. The third-order valence-corrected chi connectivity index (χ3v) is 2.94. The molecule has 0 radical (unpaired) electrons. The van der Waals surface area contributed by atoms with Crippen LogP contribution in [-0.2, 0) is 0 Å². The van der Waals surface area contributed by atoms with Gasteiger partial charge in [-0.3, -0.25) is 0 Å². The van der Waals surface area contributed by atoms with Gasteiger partial charge < -0.3 is 10.2 Å². The summed E-state index contributed by atoms with van der Waals surface area (Å²) in [6.07, 6.45) is 0. The number of hydrogen-bond donors (Lipinski definition) is 1. The van der Waals surface area contributed by atoms with E-state index in [1.807, 2.05) is 18.2 Å². The van der Waals surface area contributed by atoms with Crippen molar-refractivity contribution in [1.82, 2.24) is 4.90 Å². The number of nitrogens with one attached hydrogen (secondary N) is 1. The highest BCUT2D eigenvalue weighted by molar-refractivity contribution is 9.10. The van der Waals surface area contributed by atoms with Gasteiger partial charge in [-0.25, -0.2) is 0 Å². The Kier molecular flexibility index (Phi) is 5.30. The summed E-state index contributed by atoms with van der Waals surface area (Å²) >= 11 is 3.35. The first-order valence-corrected chi connectivity index (χ1v) is 6.08. The Morgan fingerprint density at radius 2 is 2.25 bits per heavy atom. The van der Waals surface area contributed by atoms with Gasteiger partial charge in [0.15, 0.2) is 0 Å². The van der Waals surface area contributed by atoms with Crippen molar-refractivity contribution in [3.8, 4) is 6.07 Å². The number of benzene rings is 1. The van der Waals surface area contributed by atoms with Crippen LogP contribution in [0.25, 0.3) is 0 Å². The van der Waals surface area contributed by atoms with Crippen LogP contribution in [0, 0.1) is 11.3 Å². The predicted molar refractivity (Wildman–Crippen MR) is 70.5 cm³/mol. The molecule has 0 heterocycles. The lowest BCUT2D eigenvalue weighted by atomic mass is 10.2. The van der Waals surface area contributed by atoms with Crippen molar-refractivity contribution in [3.63, 3.8) is 0 Å². The average molecular weight is 282 g/mol. The van der Waals surface area contributed by atoms with Crippen molar-refractivity contribution in [2.24, 2.45) is 0 Å². The fraction of sp³-hybridized carbons (Fsp3) is 0.417. The molecule has 86 valence electrons. The Hall–Kier alpha value is -1.05. The van der Waals surface area contributed by atoms with Gasteiger partial charge in [-0.1, -0.05) is 22.9 Å². The summed E-state index contributed by atoms with van der Waals surface area (Å²) in [4.78, 5) is 2.22. The van der Waals surface area contributed by atoms with E-state index in [0.29, 0.717) is 5.56 Å². The first-order valence-electron chi connectivity index (χ1n) is 5.29.